The largest absolute Gasteiger partial charge is 0.370 e. The second-order valence-corrected chi connectivity index (χ2v) is 7.07. The average Bonchev–Trinajstić information content (AvgIpc) is 2.74. The highest BCUT2D eigenvalue weighted by Gasteiger charge is 2.20. The normalized spacial score (nSPS) is 10.8. The Morgan fingerprint density at radius 1 is 1.07 bits per heavy atom. The first-order valence-corrected chi connectivity index (χ1v) is 9.69. The van der Waals surface area contributed by atoms with E-state index in [0.29, 0.717) is 36.6 Å². The molecule has 0 aliphatic carbocycles. The van der Waals surface area contributed by atoms with Crippen LogP contribution in [0.1, 0.15) is 35.5 Å². The van der Waals surface area contributed by atoms with E-state index in [0.717, 1.165) is 5.56 Å². The number of carbonyl (C=O) groups is 1. The third-order valence-corrected chi connectivity index (χ3v) is 4.62. The van der Waals surface area contributed by atoms with Gasteiger partial charge in [-0.3, -0.25) is 4.79 Å². The number of rotatable bonds is 8. The van der Waals surface area contributed by atoms with E-state index in [9.17, 15) is 9.18 Å². The maximum Gasteiger partial charge on any atom is 0.273 e. The van der Waals surface area contributed by atoms with E-state index in [4.69, 9.17) is 0 Å². The van der Waals surface area contributed by atoms with Crippen LogP contribution in [0.4, 0.5) is 10.2 Å². The van der Waals surface area contributed by atoms with E-state index in [1.54, 1.807) is 23.1 Å². The number of benzene rings is 2. The predicted molar refractivity (Wildman–Crippen MR) is 112 cm³/mol. The molecule has 1 N–H and O–H groups in total. The molecule has 3 aromatic rings. The van der Waals surface area contributed by atoms with E-state index in [1.165, 1.54) is 12.4 Å². The monoisotopic (exact) mass is 392 g/mol. The fourth-order valence-corrected chi connectivity index (χ4v) is 3.01. The molecular formula is C23H25FN4O. The van der Waals surface area contributed by atoms with Gasteiger partial charge in [0.15, 0.2) is 0 Å². The molecule has 29 heavy (non-hydrogen) atoms. The molecule has 150 valence electrons. The molecular weight excluding hydrogens is 367 g/mol. The van der Waals surface area contributed by atoms with Crippen LogP contribution in [0.5, 0.6) is 0 Å². The number of amides is 1. The first-order valence-electron chi connectivity index (χ1n) is 9.69. The Balaban J connectivity index is 1.66. The Hall–Kier alpha value is -3.28. The number of anilines is 1. The molecule has 0 atom stereocenters. The van der Waals surface area contributed by atoms with Gasteiger partial charge in [0.25, 0.3) is 5.91 Å². The zero-order chi connectivity index (χ0) is 20.6. The highest BCUT2D eigenvalue weighted by molar-refractivity contribution is 5.93. The van der Waals surface area contributed by atoms with Crippen LogP contribution in [0.15, 0.2) is 67.0 Å². The van der Waals surface area contributed by atoms with Crippen molar-refractivity contribution in [2.45, 2.75) is 32.9 Å². The zero-order valence-corrected chi connectivity index (χ0v) is 16.7. The van der Waals surface area contributed by atoms with Gasteiger partial charge in [-0.2, -0.15) is 0 Å². The number of nitrogens with zero attached hydrogens (tertiary/aromatic N) is 3. The topological polar surface area (TPSA) is 58.1 Å². The Labute approximate surface area is 170 Å². The van der Waals surface area contributed by atoms with Crippen molar-refractivity contribution < 1.29 is 9.18 Å². The lowest BCUT2D eigenvalue weighted by atomic mass is 10.1. The molecule has 6 heteroatoms. The zero-order valence-electron chi connectivity index (χ0n) is 16.7. The fourth-order valence-electron chi connectivity index (χ4n) is 3.01. The minimum absolute atomic E-state index is 0.0233. The van der Waals surface area contributed by atoms with Crippen LogP contribution in [-0.2, 0) is 13.0 Å². The van der Waals surface area contributed by atoms with Crippen LogP contribution in [-0.4, -0.2) is 33.4 Å². The van der Waals surface area contributed by atoms with Crippen molar-refractivity contribution in [1.82, 2.24) is 14.9 Å². The van der Waals surface area contributed by atoms with Crippen LogP contribution in [0.3, 0.4) is 0 Å². The van der Waals surface area contributed by atoms with E-state index in [1.807, 2.05) is 50.2 Å². The summed E-state index contributed by atoms with van der Waals surface area (Å²) < 4.78 is 13.7. The van der Waals surface area contributed by atoms with Crippen LogP contribution >= 0.6 is 0 Å². The van der Waals surface area contributed by atoms with E-state index < -0.39 is 0 Å². The van der Waals surface area contributed by atoms with Crippen molar-refractivity contribution in [3.05, 3.63) is 89.6 Å². The maximum absolute atomic E-state index is 13.7. The van der Waals surface area contributed by atoms with Gasteiger partial charge >= 0.3 is 0 Å². The predicted octanol–water partition coefficient (Wildman–Crippen LogP) is 4.32. The van der Waals surface area contributed by atoms with Crippen LogP contribution in [0.2, 0.25) is 0 Å². The fraction of sp³-hybridized carbons (Fsp3) is 0.261. The molecule has 0 saturated heterocycles. The molecule has 5 nitrogen and oxygen atoms in total. The van der Waals surface area contributed by atoms with Crippen LogP contribution < -0.4 is 5.32 Å². The van der Waals surface area contributed by atoms with E-state index in [2.05, 4.69) is 15.3 Å². The van der Waals surface area contributed by atoms with Crippen molar-refractivity contribution in [3.8, 4) is 0 Å². The average molecular weight is 392 g/mol. The molecule has 0 unspecified atom stereocenters. The summed E-state index contributed by atoms with van der Waals surface area (Å²) in [6.45, 7) is 4.98. The first kappa shape index (κ1) is 20.5. The van der Waals surface area contributed by atoms with Crippen molar-refractivity contribution in [3.63, 3.8) is 0 Å². The summed E-state index contributed by atoms with van der Waals surface area (Å²) in [4.78, 5) is 23.2. The molecule has 0 saturated carbocycles. The lowest BCUT2D eigenvalue weighted by Crippen LogP contribution is -2.37. The number of hydrogen-bond donors (Lipinski definition) is 1. The van der Waals surface area contributed by atoms with Gasteiger partial charge in [-0.25, -0.2) is 14.4 Å². The Bertz CT molecular complexity index is 946. The molecule has 1 amide bonds. The summed E-state index contributed by atoms with van der Waals surface area (Å²) in [5.74, 6) is 0.174. The van der Waals surface area contributed by atoms with Gasteiger partial charge in [-0.15, -0.1) is 0 Å². The summed E-state index contributed by atoms with van der Waals surface area (Å²) in [6, 6.07) is 18.2. The standard InChI is InChI=1S/C23H25FN4O/c1-17(2)28(15-18-8-4-3-5-9-18)23(29)21-14-22(27-16-26-21)25-13-12-19-10-6-7-11-20(19)24/h3-11,14,16-17H,12-13,15H2,1-2H3,(H,25,26,27). The maximum atomic E-state index is 13.7. The molecule has 3 rings (SSSR count). The Kier molecular flexibility index (Phi) is 6.89. The lowest BCUT2D eigenvalue weighted by molar-refractivity contribution is 0.0684. The van der Waals surface area contributed by atoms with Gasteiger partial charge in [0.1, 0.15) is 23.7 Å². The van der Waals surface area contributed by atoms with E-state index >= 15 is 0 Å². The van der Waals surface area contributed by atoms with Crippen molar-refractivity contribution in [2.24, 2.45) is 0 Å². The number of halogens is 1. The molecule has 0 fully saturated rings. The lowest BCUT2D eigenvalue weighted by Gasteiger charge is -2.26. The summed E-state index contributed by atoms with van der Waals surface area (Å²) in [7, 11) is 0. The molecule has 0 aliphatic rings. The first-order chi connectivity index (χ1) is 14.0. The Morgan fingerprint density at radius 3 is 2.52 bits per heavy atom. The minimum atomic E-state index is -0.221. The molecule has 0 aliphatic heterocycles. The molecule has 0 spiro atoms. The number of hydrogen-bond acceptors (Lipinski definition) is 4. The second-order valence-electron chi connectivity index (χ2n) is 7.07. The van der Waals surface area contributed by atoms with Crippen molar-refractivity contribution in [1.29, 1.82) is 0 Å². The number of aromatic nitrogens is 2. The van der Waals surface area contributed by atoms with Gasteiger partial charge in [-0.05, 0) is 37.5 Å². The van der Waals surface area contributed by atoms with Crippen molar-refractivity contribution >= 4 is 11.7 Å². The molecule has 1 aromatic heterocycles. The van der Waals surface area contributed by atoms with Crippen LogP contribution in [0.25, 0.3) is 0 Å². The van der Waals surface area contributed by atoms with Gasteiger partial charge in [0, 0.05) is 25.2 Å². The second kappa shape index (κ2) is 9.78. The van der Waals surface area contributed by atoms with Crippen LogP contribution in [0, 0.1) is 5.82 Å². The minimum Gasteiger partial charge on any atom is -0.370 e. The highest BCUT2D eigenvalue weighted by Crippen LogP contribution is 2.14. The van der Waals surface area contributed by atoms with Gasteiger partial charge in [-0.1, -0.05) is 48.5 Å². The van der Waals surface area contributed by atoms with Gasteiger partial charge in [0.05, 0.1) is 0 Å². The van der Waals surface area contributed by atoms with Crippen molar-refractivity contribution in [2.75, 3.05) is 11.9 Å². The third kappa shape index (κ3) is 5.60. The quantitative estimate of drug-likeness (QED) is 0.620. The van der Waals surface area contributed by atoms with Gasteiger partial charge in [0.2, 0.25) is 0 Å². The van der Waals surface area contributed by atoms with Gasteiger partial charge < -0.3 is 10.2 Å². The smallest absolute Gasteiger partial charge is 0.273 e. The highest BCUT2D eigenvalue weighted by atomic mass is 19.1. The molecule has 0 radical (unpaired) electrons. The summed E-state index contributed by atoms with van der Waals surface area (Å²) in [5.41, 5.74) is 2.03. The summed E-state index contributed by atoms with van der Waals surface area (Å²) in [6.07, 6.45) is 1.89. The molecule has 0 bridgehead atoms. The molecule has 2 aromatic carbocycles. The number of carbonyl (C=O) groups excluding carboxylic acids is 1. The SMILES string of the molecule is CC(C)N(Cc1ccccc1)C(=O)c1cc(NCCc2ccccc2F)ncn1. The molecule has 1 heterocycles. The number of nitrogens with one attached hydrogen (secondary N) is 1. The third-order valence-electron chi connectivity index (χ3n) is 4.62. The summed E-state index contributed by atoms with van der Waals surface area (Å²) in [5, 5.41) is 3.14. The summed E-state index contributed by atoms with van der Waals surface area (Å²) >= 11 is 0. The Morgan fingerprint density at radius 2 is 1.79 bits per heavy atom. The van der Waals surface area contributed by atoms with E-state index in [-0.39, 0.29) is 17.8 Å².